The molecule has 1 unspecified atom stereocenters. The van der Waals surface area contributed by atoms with E-state index in [1.807, 2.05) is 6.92 Å². The van der Waals surface area contributed by atoms with Gasteiger partial charge in [-0.1, -0.05) is 19.4 Å². The molecule has 4 nitrogen and oxygen atoms in total. The van der Waals surface area contributed by atoms with Crippen LogP contribution in [0.25, 0.3) is 0 Å². The summed E-state index contributed by atoms with van der Waals surface area (Å²) in [6, 6.07) is 4.15. The zero-order valence-electron chi connectivity index (χ0n) is 12.1. The quantitative estimate of drug-likeness (QED) is 0.720. The highest BCUT2D eigenvalue weighted by Crippen LogP contribution is 2.15. The molecule has 1 atom stereocenters. The van der Waals surface area contributed by atoms with Crippen molar-refractivity contribution in [3.63, 3.8) is 0 Å². The van der Waals surface area contributed by atoms with Crippen LogP contribution in [0.4, 0.5) is 14.9 Å². The van der Waals surface area contributed by atoms with Crippen LogP contribution in [0.3, 0.4) is 0 Å². The molecule has 3 N–H and O–H groups in total. The van der Waals surface area contributed by atoms with Crippen LogP contribution in [0.15, 0.2) is 18.2 Å². The number of urea groups is 1. The number of nitrogens with one attached hydrogen (secondary N) is 2. The lowest BCUT2D eigenvalue weighted by Gasteiger charge is -2.16. The number of amides is 2. The van der Waals surface area contributed by atoms with Crippen LogP contribution in [-0.2, 0) is 0 Å². The summed E-state index contributed by atoms with van der Waals surface area (Å²) >= 11 is 0. The molecule has 1 aromatic carbocycles. The van der Waals surface area contributed by atoms with Crippen LogP contribution in [0.5, 0.6) is 0 Å². The number of hydrogen-bond acceptors (Lipinski definition) is 2. The molecule has 0 saturated heterocycles. The first kappa shape index (κ1) is 16.4. The van der Waals surface area contributed by atoms with Crippen LogP contribution in [0.1, 0.15) is 31.7 Å². The third-order valence-electron chi connectivity index (χ3n) is 3.16. The Bertz CT molecular complexity index is 432. The van der Waals surface area contributed by atoms with E-state index in [0.29, 0.717) is 13.0 Å². The average Bonchev–Trinajstić information content (AvgIpc) is 2.41. The molecule has 0 aromatic heterocycles. The van der Waals surface area contributed by atoms with Crippen molar-refractivity contribution >= 4 is 11.7 Å². The lowest BCUT2D eigenvalue weighted by atomic mass is 10.0. The van der Waals surface area contributed by atoms with Crippen molar-refractivity contribution in [3.05, 3.63) is 29.6 Å². The van der Waals surface area contributed by atoms with Crippen molar-refractivity contribution in [1.29, 1.82) is 0 Å². The minimum Gasteiger partial charge on any atom is -0.396 e. The van der Waals surface area contributed by atoms with Crippen LogP contribution in [0.2, 0.25) is 0 Å². The number of aliphatic hydroxyl groups excluding tert-OH is 1. The molecule has 1 aromatic rings. The van der Waals surface area contributed by atoms with Crippen LogP contribution >= 0.6 is 0 Å². The Kier molecular flexibility index (Phi) is 7.01. The van der Waals surface area contributed by atoms with E-state index >= 15 is 0 Å². The van der Waals surface area contributed by atoms with Gasteiger partial charge in [-0.3, -0.25) is 0 Å². The lowest BCUT2D eigenvalue weighted by molar-refractivity contribution is 0.236. The van der Waals surface area contributed by atoms with E-state index in [1.54, 1.807) is 12.1 Å². The molecule has 0 aliphatic carbocycles. The molecule has 5 heteroatoms. The zero-order valence-corrected chi connectivity index (χ0v) is 12.1. The fourth-order valence-corrected chi connectivity index (χ4v) is 2.08. The third-order valence-corrected chi connectivity index (χ3v) is 3.16. The summed E-state index contributed by atoms with van der Waals surface area (Å²) in [5, 5.41) is 14.2. The molecule has 1 rings (SSSR count). The topological polar surface area (TPSA) is 61.4 Å². The first-order chi connectivity index (χ1) is 9.56. The smallest absolute Gasteiger partial charge is 0.319 e. The van der Waals surface area contributed by atoms with Gasteiger partial charge in [-0.2, -0.15) is 0 Å². The number of aliphatic hydroxyl groups is 1. The molecule has 0 heterocycles. The van der Waals surface area contributed by atoms with Gasteiger partial charge in [0.2, 0.25) is 0 Å². The van der Waals surface area contributed by atoms with Gasteiger partial charge in [0.25, 0.3) is 0 Å². The van der Waals surface area contributed by atoms with Gasteiger partial charge in [-0.05, 0) is 43.4 Å². The van der Waals surface area contributed by atoms with Crippen molar-refractivity contribution in [1.82, 2.24) is 5.32 Å². The van der Waals surface area contributed by atoms with Crippen LogP contribution in [-0.4, -0.2) is 24.3 Å². The second-order valence-electron chi connectivity index (χ2n) is 4.99. The average molecular weight is 282 g/mol. The summed E-state index contributed by atoms with van der Waals surface area (Å²) in [5.74, 6) is -0.204. The fraction of sp³-hybridized carbons (Fsp3) is 0.533. The number of carbonyl (C=O) groups is 1. The molecule has 20 heavy (non-hydrogen) atoms. The highest BCUT2D eigenvalue weighted by Gasteiger charge is 2.11. The Hall–Kier alpha value is -1.62. The predicted octanol–water partition coefficient (Wildman–Crippen LogP) is 3.05. The summed E-state index contributed by atoms with van der Waals surface area (Å²) in [4.78, 5) is 11.7. The molecule has 2 amide bonds. The Labute approximate surface area is 119 Å². The summed E-state index contributed by atoms with van der Waals surface area (Å²) in [6.45, 7) is 4.49. The molecular weight excluding hydrogens is 259 g/mol. The summed E-state index contributed by atoms with van der Waals surface area (Å²) in [6.07, 6.45) is 2.60. The van der Waals surface area contributed by atoms with E-state index in [2.05, 4.69) is 17.6 Å². The van der Waals surface area contributed by atoms with Crippen LogP contribution in [0, 0.1) is 18.7 Å². The number of hydrogen-bond donors (Lipinski definition) is 3. The van der Waals surface area contributed by atoms with E-state index in [9.17, 15) is 9.18 Å². The van der Waals surface area contributed by atoms with E-state index in [1.165, 1.54) is 6.07 Å². The van der Waals surface area contributed by atoms with Gasteiger partial charge in [0.1, 0.15) is 5.82 Å². The molecule has 0 aliphatic heterocycles. The number of halogens is 1. The van der Waals surface area contributed by atoms with Gasteiger partial charge in [0.05, 0.1) is 5.69 Å². The van der Waals surface area contributed by atoms with E-state index in [-0.39, 0.29) is 18.2 Å². The van der Waals surface area contributed by atoms with Crippen LogP contribution < -0.4 is 10.6 Å². The van der Waals surface area contributed by atoms with Gasteiger partial charge in [0.15, 0.2) is 0 Å². The third kappa shape index (κ3) is 5.57. The van der Waals surface area contributed by atoms with Crippen molar-refractivity contribution in [3.8, 4) is 0 Å². The summed E-state index contributed by atoms with van der Waals surface area (Å²) < 4.78 is 13.5. The standard InChI is InChI=1S/C15H23FN2O2/c1-3-4-12(7-8-19)10-17-15(20)18-14-9-11(2)5-6-13(14)16/h5-6,9,12,19H,3-4,7-8,10H2,1-2H3,(H2,17,18,20). The minimum atomic E-state index is -0.453. The van der Waals surface area contributed by atoms with Gasteiger partial charge in [-0.15, -0.1) is 0 Å². The van der Waals surface area contributed by atoms with Gasteiger partial charge >= 0.3 is 6.03 Å². The first-order valence-corrected chi connectivity index (χ1v) is 6.98. The SMILES string of the molecule is CCCC(CCO)CNC(=O)Nc1cc(C)ccc1F. The maximum absolute atomic E-state index is 13.5. The fourth-order valence-electron chi connectivity index (χ4n) is 2.08. The molecule has 0 spiro atoms. The molecule has 0 bridgehead atoms. The van der Waals surface area contributed by atoms with Gasteiger partial charge < -0.3 is 15.7 Å². The second kappa shape index (κ2) is 8.53. The van der Waals surface area contributed by atoms with Crippen molar-refractivity contribution in [2.24, 2.45) is 5.92 Å². The number of aryl methyl sites for hydroxylation is 1. The van der Waals surface area contributed by atoms with Gasteiger partial charge in [0, 0.05) is 13.2 Å². The molecule has 0 fully saturated rings. The predicted molar refractivity (Wildman–Crippen MR) is 78.3 cm³/mol. The first-order valence-electron chi connectivity index (χ1n) is 6.98. The van der Waals surface area contributed by atoms with Crippen molar-refractivity contribution < 1.29 is 14.3 Å². The summed E-state index contributed by atoms with van der Waals surface area (Å²) in [5.41, 5.74) is 1.06. The zero-order chi connectivity index (χ0) is 15.0. The van der Waals surface area contributed by atoms with Crippen molar-refractivity contribution in [2.75, 3.05) is 18.5 Å². The van der Waals surface area contributed by atoms with E-state index < -0.39 is 11.8 Å². The highest BCUT2D eigenvalue weighted by atomic mass is 19.1. The molecule has 0 radical (unpaired) electrons. The molecule has 0 saturated carbocycles. The minimum absolute atomic E-state index is 0.112. The number of anilines is 1. The number of benzene rings is 1. The normalized spacial score (nSPS) is 12.0. The second-order valence-corrected chi connectivity index (χ2v) is 4.99. The molecule has 0 aliphatic rings. The lowest BCUT2D eigenvalue weighted by Crippen LogP contribution is -2.33. The number of carbonyl (C=O) groups excluding carboxylic acids is 1. The monoisotopic (exact) mass is 282 g/mol. The Morgan fingerprint density at radius 2 is 2.15 bits per heavy atom. The summed E-state index contributed by atoms with van der Waals surface area (Å²) in [7, 11) is 0. The maximum Gasteiger partial charge on any atom is 0.319 e. The molecule has 112 valence electrons. The Morgan fingerprint density at radius 1 is 1.40 bits per heavy atom. The maximum atomic E-state index is 13.5. The highest BCUT2D eigenvalue weighted by molar-refractivity contribution is 5.89. The molecular formula is C15H23FN2O2. The number of rotatable bonds is 7. The largest absolute Gasteiger partial charge is 0.396 e. The van der Waals surface area contributed by atoms with Crippen molar-refractivity contribution in [2.45, 2.75) is 33.1 Å². The Balaban J connectivity index is 2.48. The van der Waals surface area contributed by atoms with E-state index in [4.69, 9.17) is 5.11 Å². The van der Waals surface area contributed by atoms with Gasteiger partial charge in [-0.25, -0.2) is 9.18 Å². The Morgan fingerprint density at radius 3 is 2.80 bits per heavy atom. The van der Waals surface area contributed by atoms with E-state index in [0.717, 1.165) is 18.4 Å².